The number of hydrogen-bond acceptors (Lipinski definition) is 14. The van der Waals surface area contributed by atoms with Crippen LogP contribution in [0.1, 0.15) is 73.5 Å². The number of aliphatic hydroxyl groups excluding tert-OH is 1. The van der Waals surface area contributed by atoms with Crippen LogP contribution in [-0.4, -0.2) is 143 Å². The molecule has 454 valence electrons. The Morgan fingerprint density at radius 1 is 0.941 bits per heavy atom. The number of carbonyl (C=O) groups excluding carboxylic acids is 3. The van der Waals surface area contributed by atoms with Crippen LogP contribution in [0.2, 0.25) is 15.1 Å². The van der Waals surface area contributed by atoms with Crippen molar-refractivity contribution in [2.45, 2.75) is 64.0 Å². The number of aromatic nitrogens is 2. The van der Waals surface area contributed by atoms with Gasteiger partial charge in [-0.3, -0.25) is 14.4 Å². The fourth-order valence-electron chi connectivity index (χ4n) is 11.2. The summed E-state index contributed by atoms with van der Waals surface area (Å²) in [6.45, 7) is 11.1. The van der Waals surface area contributed by atoms with Crippen LogP contribution in [0, 0.1) is 46.0 Å². The van der Waals surface area contributed by atoms with Crippen molar-refractivity contribution < 1.29 is 51.3 Å². The molecule has 6 N–H and O–H groups in total. The summed E-state index contributed by atoms with van der Waals surface area (Å²) in [5, 5.41) is 36.6. The maximum atomic E-state index is 16.7. The number of allylic oxidation sites excluding steroid dienone is 3. The zero-order chi connectivity index (χ0) is 61.3. The number of likely N-dealkylation sites (N-methyl/N-ethyl adjacent to an activating group) is 1. The summed E-state index contributed by atoms with van der Waals surface area (Å²) in [5.41, 5.74) is -2.19. The lowest BCUT2D eigenvalue weighted by molar-refractivity contribution is -0.130. The van der Waals surface area contributed by atoms with Crippen LogP contribution >= 0.6 is 34.8 Å². The number of carbonyl (C=O) groups is 3. The molecule has 85 heavy (non-hydrogen) atoms. The van der Waals surface area contributed by atoms with Gasteiger partial charge in [0.1, 0.15) is 40.0 Å². The lowest BCUT2D eigenvalue weighted by Gasteiger charge is -2.37. The molecule has 2 aliphatic heterocycles. The van der Waals surface area contributed by atoms with Gasteiger partial charge in [-0.1, -0.05) is 86.8 Å². The van der Waals surface area contributed by atoms with Crippen molar-refractivity contribution in [3.63, 3.8) is 0 Å². The summed E-state index contributed by atoms with van der Waals surface area (Å²) in [4.78, 5) is 53.7. The third-order valence-electron chi connectivity index (χ3n) is 15.6. The average molecular weight is 1240 g/mol. The minimum absolute atomic E-state index is 0.00148. The number of nitrogens with zero attached hydrogens (tertiary/aromatic N) is 5. The van der Waals surface area contributed by atoms with Gasteiger partial charge in [0.05, 0.1) is 61.4 Å². The first kappa shape index (κ1) is 64.4. The number of piperazine rings is 1. The normalized spacial score (nSPS) is 20.6. The molecule has 0 radical (unpaired) electrons. The van der Waals surface area contributed by atoms with E-state index in [9.17, 15) is 24.8 Å². The Balaban J connectivity index is 0.806. The second-order valence-electron chi connectivity index (χ2n) is 22.4. The van der Waals surface area contributed by atoms with Gasteiger partial charge in [-0.15, -0.1) is 0 Å². The summed E-state index contributed by atoms with van der Waals surface area (Å²) < 4.78 is 81.4. The number of fused-ring (bicyclic) bond motifs is 1. The lowest BCUT2D eigenvalue weighted by Crippen LogP contribution is -2.45. The van der Waals surface area contributed by atoms with E-state index in [-0.39, 0.29) is 137 Å². The average Bonchev–Trinajstić information content (AvgIpc) is 1.85. The number of halogens is 7. The molecule has 0 spiro atoms. The summed E-state index contributed by atoms with van der Waals surface area (Å²) >= 11 is 19.2. The molecule has 17 nitrogen and oxygen atoms in total. The van der Waals surface area contributed by atoms with Crippen molar-refractivity contribution in [2.75, 3.05) is 109 Å². The van der Waals surface area contributed by atoms with Gasteiger partial charge in [-0.25, -0.2) is 22.5 Å². The molecular weight excluding hydrogens is 1170 g/mol. The van der Waals surface area contributed by atoms with Crippen LogP contribution in [0.4, 0.5) is 35.0 Å². The number of hydrogen-bond donors (Lipinski definition) is 6. The Hall–Kier alpha value is -6.61. The van der Waals surface area contributed by atoms with E-state index in [1.54, 1.807) is 26.1 Å². The topological polar surface area (TPSA) is 215 Å². The van der Waals surface area contributed by atoms with E-state index in [2.05, 4.69) is 37.6 Å². The Morgan fingerprint density at radius 2 is 1.68 bits per heavy atom. The molecule has 2 saturated heterocycles. The number of rotatable bonds is 23. The third kappa shape index (κ3) is 14.5. The zero-order valence-electron chi connectivity index (χ0n) is 48.0. The van der Waals surface area contributed by atoms with Crippen molar-refractivity contribution in [1.82, 2.24) is 30.8 Å². The highest BCUT2D eigenvalue weighted by Gasteiger charge is 2.61. The van der Waals surface area contributed by atoms with E-state index in [4.69, 9.17) is 54.0 Å². The van der Waals surface area contributed by atoms with Crippen molar-refractivity contribution in [3.05, 3.63) is 133 Å². The summed E-state index contributed by atoms with van der Waals surface area (Å²) in [7, 11) is 3.00. The van der Waals surface area contributed by atoms with Crippen LogP contribution < -0.4 is 36.2 Å². The molecular formula is C61H69Cl3F4N10O7. The summed E-state index contributed by atoms with van der Waals surface area (Å²) in [6.07, 6.45) is 3.10. The van der Waals surface area contributed by atoms with Gasteiger partial charge in [0.15, 0.2) is 5.82 Å². The molecule has 6 atom stereocenters. The van der Waals surface area contributed by atoms with E-state index in [0.717, 1.165) is 6.07 Å². The quantitative estimate of drug-likeness (QED) is 0.0265. The largest absolute Gasteiger partial charge is 0.495 e. The van der Waals surface area contributed by atoms with E-state index in [0.29, 0.717) is 37.4 Å². The number of aliphatic hydroxyl groups is 1. The number of methoxy groups -OCH3 is 1. The Kier molecular flexibility index (Phi) is 21.4. The molecule has 1 aliphatic carbocycles. The van der Waals surface area contributed by atoms with E-state index in [1.807, 2.05) is 25.7 Å². The summed E-state index contributed by atoms with van der Waals surface area (Å²) in [6, 6.07) is 14.3. The lowest BCUT2D eigenvalue weighted by atomic mass is 9.62. The minimum Gasteiger partial charge on any atom is -0.495 e. The molecule has 1 aromatic heterocycles. The van der Waals surface area contributed by atoms with E-state index >= 15 is 17.6 Å². The highest BCUT2D eigenvalue weighted by atomic mass is 35.5. The van der Waals surface area contributed by atoms with Crippen LogP contribution in [0.3, 0.4) is 0 Å². The first-order chi connectivity index (χ1) is 40.6. The van der Waals surface area contributed by atoms with Crippen molar-refractivity contribution in [1.29, 1.82) is 5.26 Å². The molecule has 3 heterocycles. The Bertz CT molecular complexity index is 3400. The molecule has 5 aromatic rings. The molecule has 8 rings (SSSR count). The van der Waals surface area contributed by atoms with Gasteiger partial charge in [-0.05, 0) is 71.9 Å². The van der Waals surface area contributed by atoms with Gasteiger partial charge >= 0.3 is 0 Å². The number of amides is 3. The molecule has 0 saturated carbocycles. The molecule has 3 aliphatic rings. The van der Waals surface area contributed by atoms with Gasteiger partial charge in [0.2, 0.25) is 17.8 Å². The van der Waals surface area contributed by atoms with Crippen LogP contribution in [-0.2, 0) is 24.5 Å². The van der Waals surface area contributed by atoms with Gasteiger partial charge in [0, 0.05) is 116 Å². The molecule has 0 bridgehead atoms. The summed E-state index contributed by atoms with van der Waals surface area (Å²) in [5.74, 6) is -6.12. The maximum absolute atomic E-state index is 16.7. The SMILES string of the molecule is COc1cc(C(=O)NCCOCCOCCN(C)C(=O)CCNc2nc(N3CCNCC3)c3cc(Cl)c(C4=C(F)C=C[C@@H](CO)[C@@H]4C)c(F)c3n2)ccc1NC(=O)[C@@H]1N[C@@H](CC(C)(C)C)[C@](C#N)(c2ccc(Cl)cc2F)[C@H]1c1cccc(Cl)c1F. The van der Waals surface area contributed by atoms with Crippen LogP contribution in [0.25, 0.3) is 16.5 Å². The van der Waals surface area contributed by atoms with Crippen LogP contribution in [0.5, 0.6) is 5.75 Å². The molecule has 0 unspecified atom stereocenters. The number of nitrogens with one attached hydrogen (secondary N) is 5. The smallest absolute Gasteiger partial charge is 0.251 e. The standard InChI is InChI=1S/C61H69Cl3F4N10O7/c1-34-36(32-79)10-14-43(65)49(34)50-42(64)30-39-54(53(50)68)75-59(76-56(39)78-21-18-70-19-22-78)72-17-16-48(80)77(5)23-25-85-27-26-84-24-20-71-57(81)35-11-15-45(46(28-35)83-6)73-58(82)55-51(38-8-7-9-41(63)52(38)67)61(33-69,47(74-55)31-60(2,3)4)40-13-12-37(62)29-44(40)66/h7-15,28-30,34,36,47,51,55,70,74,79H,16-27,31-32H2,1-6H3,(H,71,81)(H,73,82)(H,72,75,76)/t34-,36-,47-,51-,55+,61-/m0/s1. The predicted molar refractivity (Wildman–Crippen MR) is 320 cm³/mol. The number of benzene rings is 4. The number of nitriles is 1. The second-order valence-corrected chi connectivity index (χ2v) is 23.6. The second kappa shape index (κ2) is 28.3. The first-order valence-corrected chi connectivity index (χ1v) is 29.1. The predicted octanol–water partition coefficient (Wildman–Crippen LogP) is 9.60. The molecule has 2 fully saturated rings. The first-order valence-electron chi connectivity index (χ1n) is 27.9. The maximum Gasteiger partial charge on any atom is 0.251 e. The van der Waals surface area contributed by atoms with E-state index < -0.39 is 75.8 Å². The van der Waals surface area contributed by atoms with Crippen molar-refractivity contribution in [3.8, 4) is 11.8 Å². The van der Waals surface area contributed by atoms with Gasteiger partial charge in [-0.2, -0.15) is 10.2 Å². The molecule has 24 heteroatoms. The fraction of sp³-hybridized carbons (Fsp3) is 0.443. The molecule has 4 aromatic carbocycles. The van der Waals surface area contributed by atoms with Gasteiger partial charge < -0.3 is 55.7 Å². The van der Waals surface area contributed by atoms with Crippen LogP contribution in [0.15, 0.2) is 78.6 Å². The Labute approximate surface area is 506 Å². The van der Waals surface area contributed by atoms with Crippen molar-refractivity contribution in [2.24, 2.45) is 17.3 Å². The molecule has 3 amide bonds. The highest BCUT2D eigenvalue weighted by molar-refractivity contribution is 6.33. The van der Waals surface area contributed by atoms with Crippen molar-refractivity contribution >= 4 is 86.5 Å². The number of ether oxygens (including phenoxy) is 3. The monoisotopic (exact) mass is 1230 g/mol. The third-order valence-corrected chi connectivity index (χ3v) is 16.4. The zero-order valence-corrected chi connectivity index (χ0v) is 50.3. The number of anilines is 3. The van der Waals surface area contributed by atoms with Gasteiger partial charge in [0.25, 0.3) is 5.91 Å². The minimum atomic E-state index is -1.84. The van der Waals surface area contributed by atoms with E-state index in [1.165, 1.54) is 66.6 Å². The fourth-order valence-corrected chi connectivity index (χ4v) is 11.9. The Morgan fingerprint density at radius 3 is 2.38 bits per heavy atom. The highest BCUT2D eigenvalue weighted by Crippen LogP contribution is 2.53.